The third-order valence-electron chi connectivity index (χ3n) is 3.38. The van der Waals surface area contributed by atoms with E-state index in [1.54, 1.807) is 41.5 Å². The van der Waals surface area contributed by atoms with Gasteiger partial charge in [0.2, 0.25) is 0 Å². The highest BCUT2D eigenvalue weighted by Crippen LogP contribution is 2.19. The molecule has 0 aromatic rings. The van der Waals surface area contributed by atoms with E-state index in [0.717, 1.165) is 0 Å². The zero-order chi connectivity index (χ0) is 22.2. The fraction of sp³-hybridized carbons (Fsp3) is 0.833. The fourth-order valence-electron chi connectivity index (χ4n) is 1.65. The van der Waals surface area contributed by atoms with Crippen LogP contribution < -0.4 is 0 Å². The first kappa shape index (κ1) is 28.6. The lowest BCUT2D eigenvalue weighted by atomic mass is 10.2. The van der Waals surface area contributed by atoms with Crippen molar-refractivity contribution in [3.8, 4) is 0 Å². The van der Waals surface area contributed by atoms with Crippen LogP contribution in [0.2, 0.25) is 0 Å². The lowest BCUT2D eigenvalue weighted by molar-refractivity contribution is -0.146. The summed E-state index contributed by atoms with van der Waals surface area (Å²) < 4.78 is 14.1. The largest absolute Gasteiger partial charge is 0.463 e. The number of alkyl halides is 3. The van der Waals surface area contributed by atoms with E-state index >= 15 is 0 Å². The number of hydrogen-bond donors (Lipinski definition) is 0. The van der Waals surface area contributed by atoms with Gasteiger partial charge in [-0.25, -0.2) is 0 Å². The number of carbonyl (C=O) groups excluding carboxylic acids is 3. The summed E-state index contributed by atoms with van der Waals surface area (Å²) >= 11 is 6.09. The Morgan fingerprint density at radius 2 is 0.821 bits per heavy atom. The average molecular weight is 737 g/mol. The summed E-state index contributed by atoms with van der Waals surface area (Å²) in [4.78, 5) is 37.6. The Kier molecular flexibility index (Phi) is 12.7. The molecule has 0 aliphatic carbocycles. The van der Waals surface area contributed by atoms with Gasteiger partial charge in [-0.2, -0.15) is 0 Å². The molecule has 0 unspecified atom stereocenters. The normalized spacial score (nSPS) is 12.6. The smallest absolute Gasteiger partial charge is 0.321 e. The van der Waals surface area contributed by atoms with Crippen molar-refractivity contribution in [2.24, 2.45) is 0 Å². The maximum absolute atomic E-state index is 11.9. The molecule has 0 aromatic carbocycles. The van der Waals surface area contributed by atoms with Crippen LogP contribution in [0.3, 0.4) is 0 Å². The summed E-state index contributed by atoms with van der Waals surface area (Å²) in [6, 6.07) is 0. The van der Waals surface area contributed by atoms with Crippen molar-refractivity contribution < 1.29 is 28.6 Å². The van der Waals surface area contributed by atoms with E-state index in [9.17, 15) is 14.4 Å². The van der Waals surface area contributed by atoms with Crippen LogP contribution in [0.5, 0.6) is 0 Å². The molecule has 0 radical (unpaired) electrons. The minimum atomic E-state index is -0.592. The van der Waals surface area contributed by atoms with Crippen molar-refractivity contribution in [1.82, 2.24) is 4.90 Å². The van der Waals surface area contributed by atoms with Crippen molar-refractivity contribution in [3.63, 3.8) is 0 Å². The standard InChI is InChI=1S/C18H30I3NO6/c1-16(2,19)13(23)26-10-7-22(8-11-27-14(24)17(3,4)20)9-12-28-15(25)18(5,6)21/h7-12H2,1-6H3. The highest BCUT2D eigenvalue weighted by atomic mass is 127. The summed E-state index contributed by atoms with van der Waals surface area (Å²) in [6.07, 6.45) is 0. The van der Waals surface area contributed by atoms with Gasteiger partial charge in [0.15, 0.2) is 0 Å². The van der Waals surface area contributed by atoms with Crippen LogP contribution in [0, 0.1) is 0 Å². The average Bonchev–Trinajstić information content (AvgIpc) is 2.51. The van der Waals surface area contributed by atoms with Gasteiger partial charge in [0.05, 0.1) is 0 Å². The molecule has 0 saturated carbocycles. The Morgan fingerprint density at radius 1 is 0.607 bits per heavy atom. The maximum Gasteiger partial charge on any atom is 0.321 e. The summed E-state index contributed by atoms with van der Waals surface area (Å²) in [7, 11) is 0. The second-order valence-electron chi connectivity index (χ2n) is 7.67. The first-order chi connectivity index (χ1) is 12.5. The maximum atomic E-state index is 11.9. The van der Waals surface area contributed by atoms with Crippen LogP contribution in [0.25, 0.3) is 0 Å². The Balaban J connectivity index is 4.58. The first-order valence-corrected chi connectivity index (χ1v) is 12.1. The van der Waals surface area contributed by atoms with Crippen molar-refractivity contribution in [2.45, 2.75) is 51.8 Å². The second kappa shape index (κ2) is 12.4. The van der Waals surface area contributed by atoms with Gasteiger partial charge in [0.25, 0.3) is 0 Å². The zero-order valence-corrected chi connectivity index (χ0v) is 23.7. The number of hydrogen-bond acceptors (Lipinski definition) is 7. The number of nitrogens with zero attached hydrogens (tertiary/aromatic N) is 1. The number of ether oxygens (including phenoxy) is 3. The van der Waals surface area contributed by atoms with Crippen molar-refractivity contribution >= 4 is 85.7 Å². The molecule has 28 heavy (non-hydrogen) atoms. The van der Waals surface area contributed by atoms with Gasteiger partial charge in [0.1, 0.15) is 30.1 Å². The Hall–Kier alpha value is 0.560. The zero-order valence-electron chi connectivity index (χ0n) is 17.3. The molecule has 0 N–H and O–H groups in total. The number of carbonyl (C=O) groups is 3. The molecule has 0 atom stereocenters. The topological polar surface area (TPSA) is 82.1 Å². The molecule has 0 aliphatic rings. The predicted molar refractivity (Wildman–Crippen MR) is 134 cm³/mol. The molecule has 0 amide bonds. The van der Waals surface area contributed by atoms with E-state index in [1.165, 1.54) is 0 Å². The number of esters is 3. The molecule has 0 heterocycles. The molecule has 0 aliphatic heterocycles. The van der Waals surface area contributed by atoms with Crippen LogP contribution in [-0.4, -0.2) is 72.5 Å². The molecule has 0 rings (SSSR count). The van der Waals surface area contributed by atoms with Crippen molar-refractivity contribution in [2.75, 3.05) is 39.5 Å². The Morgan fingerprint density at radius 3 is 1.00 bits per heavy atom. The molecule has 0 fully saturated rings. The summed E-state index contributed by atoms with van der Waals surface area (Å²) in [5.41, 5.74) is 0. The molecule has 0 saturated heterocycles. The Labute approximate surface area is 208 Å². The van der Waals surface area contributed by atoms with Gasteiger partial charge in [-0.05, 0) is 41.5 Å². The minimum absolute atomic E-state index is 0.211. The van der Waals surface area contributed by atoms with E-state index < -0.39 is 10.3 Å². The van der Waals surface area contributed by atoms with Crippen LogP contribution in [0.1, 0.15) is 41.5 Å². The molecule has 164 valence electrons. The van der Waals surface area contributed by atoms with Gasteiger partial charge >= 0.3 is 17.9 Å². The third-order valence-corrected chi connectivity index (χ3v) is 4.70. The Bertz CT molecular complexity index is 459. The van der Waals surface area contributed by atoms with Crippen molar-refractivity contribution in [1.29, 1.82) is 0 Å². The summed E-state index contributed by atoms with van der Waals surface area (Å²) in [5.74, 6) is -0.863. The van der Waals surface area contributed by atoms with Crippen LogP contribution in [0.4, 0.5) is 0 Å². The predicted octanol–water partition coefficient (Wildman–Crippen LogP) is 3.56. The lowest BCUT2D eigenvalue weighted by Gasteiger charge is -2.24. The number of halogens is 3. The molecule has 0 bridgehead atoms. The SMILES string of the molecule is CC(C)(I)C(=O)OCCN(CCOC(=O)C(C)(C)I)CCOC(=O)C(C)(C)I. The minimum Gasteiger partial charge on any atom is -0.463 e. The third kappa shape index (κ3) is 13.0. The summed E-state index contributed by atoms with van der Waals surface area (Å²) in [5, 5.41) is 0. The van der Waals surface area contributed by atoms with Gasteiger partial charge < -0.3 is 14.2 Å². The van der Waals surface area contributed by atoms with E-state index in [2.05, 4.69) is 0 Å². The van der Waals surface area contributed by atoms with Gasteiger partial charge in [0, 0.05) is 19.6 Å². The first-order valence-electron chi connectivity index (χ1n) is 8.86. The van der Waals surface area contributed by atoms with Crippen molar-refractivity contribution in [3.05, 3.63) is 0 Å². The number of rotatable bonds is 12. The van der Waals surface area contributed by atoms with E-state index in [0.29, 0.717) is 19.6 Å². The van der Waals surface area contributed by atoms with E-state index in [1.807, 2.05) is 72.7 Å². The summed E-state index contributed by atoms with van der Waals surface area (Å²) in [6.45, 7) is 12.7. The highest BCUT2D eigenvalue weighted by molar-refractivity contribution is 14.1. The molecule has 0 spiro atoms. The molecular formula is C18H30I3NO6. The lowest BCUT2D eigenvalue weighted by Crippen LogP contribution is -2.38. The quantitative estimate of drug-likeness (QED) is 0.131. The van der Waals surface area contributed by atoms with Crippen LogP contribution >= 0.6 is 67.8 Å². The van der Waals surface area contributed by atoms with Gasteiger partial charge in [-0.15, -0.1) is 0 Å². The monoisotopic (exact) mass is 737 g/mol. The second-order valence-corrected chi connectivity index (χ2v) is 15.8. The highest BCUT2D eigenvalue weighted by Gasteiger charge is 2.27. The molecule has 7 nitrogen and oxygen atoms in total. The van der Waals surface area contributed by atoms with Crippen LogP contribution in [0.15, 0.2) is 0 Å². The molecular weight excluding hydrogens is 707 g/mol. The van der Waals surface area contributed by atoms with Gasteiger partial charge in [-0.1, -0.05) is 67.8 Å². The van der Waals surface area contributed by atoms with E-state index in [-0.39, 0.29) is 37.7 Å². The van der Waals surface area contributed by atoms with E-state index in [4.69, 9.17) is 14.2 Å². The molecule has 0 aromatic heterocycles. The fourth-order valence-corrected chi connectivity index (χ4v) is 2.12. The van der Waals surface area contributed by atoms with Gasteiger partial charge in [-0.3, -0.25) is 19.3 Å². The molecule has 10 heteroatoms. The van der Waals surface area contributed by atoms with Crippen LogP contribution in [-0.2, 0) is 28.6 Å².